The molecule has 0 bridgehead atoms. The Hall–Kier alpha value is -6.06. The Morgan fingerprint density at radius 2 is 1.01 bits per heavy atom. The van der Waals surface area contributed by atoms with Crippen LogP contribution in [0, 0.1) is 23.3 Å². The lowest BCUT2D eigenvalue weighted by Crippen LogP contribution is -2.47. The van der Waals surface area contributed by atoms with E-state index >= 15 is 0 Å². The summed E-state index contributed by atoms with van der Waals surface area (Å²) in [5, 5.41) is 33.9. The molecule has 1 aromatic carbocycles. The number of hydrogen-bond donors (Lipinski definition) is 7. The van der Waals surface area contributed by atoms with E-state index in [0.29, 0.717) is 19.4 Å². The number of esters is 1. The summed E-state index contributed by atoms with van der Waals surface area (Å²) in [6, 6.07) is -0.897. The van der Waals surface area contributed by atoms with Crippen LogP contribution in [-0.2, 0) is 76.3 Å². The van der Waals surface area contributed by atoms with Gasteiger partial charge in [0.15, 0.2) is 11.6 Å². The predicted molar refractivity (Wildman–Crippen MR) is 273 cm³/mol. The molecule has 7 N–H and O–H groups in total. The predicted octanol–water partition coefficient (Wildman–Crippen LogP) is -1.21. The maximum Gasteiger partial charge on any atom is 0.313 e. The minimum Gasteiger partial charge on any atom is -0.420 e. The van der Waals surface area contributed by atoms with Crippen LogP contribution in [0.1, 0.15) is 51.4 Å². The number of halogens is 4. The molecule has 1 aromatic rings. The molecule has 0 aromatic heterocycles. The molecule has 7 amide bonds. The van der Waals surface area contributed by atoms with Gasteiger partial charge in [-0.3, -0.25) is 48.6 Å². The summed E-state index contributed by atoms with van der Waals surface area (Å²) in [6.07, 6.45) is 4.12. The van der Waals surface area contributed by atoms with Crippen molar-refractivity contribution in [2.24, 2.45) is 0 Å². The van der Waals surface area contributed by atoms with Gasteiger partial charge in [-0.1, -0.05) is 0 Å². The average Bonchev–Trinajstić information content (AvgIpc) is 3.98. The molecule has 3 rings (SSSR count). The van der Waals surface area contributed by atoms with Crippen LogP contribution >= 0.6 is 0 Å². The first kappa shape index (κ1) is 69.2. The van der Waals surface area contributed by atoms with Crippen LogP contribution < -0.4 is 31.3 Å². The van der Waals surface area contributed by atoms with Crippen molar-refractivity contribution < 1.29 is 109 Å². The number of hydrogen-bond acceptors (Lipinski definition) is 20. The van der Waals surface area contributed by atoms with Gasteiger partial charge in [0.2, 0.25) is 46.9 Å². The van der Waals surface area contributed by atoms with E-state index in [-0.39, 0.29) is 194 Å². The first-order valence-corrected chi connectivity index (χ1v) is 26.4. The van der Waals surface area contributed by atoms with E-state index in [4.69, 9.17) is 37.9 Å². The Labute approximate surface area is 465 Å². The van der Waals surface area contributed by atoms with Gasteiger partial charge in [-0.15, -0.1) is 0 Å². The highest BCUT2D eigenvalue weighted by atomic mass is 19.2. The number of aliphatic hydroxyl groups excluding tert-OH is 2. The molecule has 0 saturated heterocycles. The lowest BCUT2D eigenvalue weighted by atomic mass is 10.1. The molecule has 0 fully saturated rings. The number of carbonyl (C=O) groups is 8. The Kier molecular flexibility index (Phi) is 35.8. The first-order chi connectivity index (χ1) is 39.1. The molecule has 0 spiro atoms. The Morgan fingerprint density at radius 3 is 1.54 bits per heavy atom. The third-order valence-electron chi connectivity index (χ3n) is 11.3. The number of rotatable bonds is 48. The third-order valence-corrected chi connectivity index (χ3v) is 11.3. The fourth-order valence-corrected chi connectivity index (χ4v) is 7.01. The second-order valence-corrected chi connectivity index (χ2v) is 17.5. The van der Waals surface area contributed by atoms with Crippen LogP contribution in [0.25, 0.3) is 0 Å². The van der Waals surface area contributed by atoms with E-state index in [0.717, 1.165) is 17.1 Å². The number of nitrogens with one attached hydrogen (secondary N) is 5. The van der Waals surface area contributed by atoms with Gasteiger partial charge in [0, 0.05) is 82.7 Å². The third kappa shape index (κ3) is 30.5. The van der Waals surface area contributed by atoms with Gasteiger partial charge in [0.25, 0.3) is 11.8 Å². The molecule has 0 aliphatic carbocycles. The van der Waals surface area contributed by atoms with E-state index in [1.807, 2.05) is 0 Å². The zero-order valence-electron chi connectivity index (χ0n) is 45.1. The van der Waals surface area contributed by atoms with Gasteiger partial charge >= 0.3 is 5.97 Å². The second kappa shape index (κ2) is 41.9. The number of carbonyl (C=O) groups excluding carboxylic acids is 8. The monoisotopic (exact) mass is 1170 g/mol. The highest BCUT2D eigenvalue weighted by molar-refractivity contribution is 6.13. The van der Waals surface area contributed by atoms with Crippen LogP contribution in [0.3, 0.4) is 0 Å². The number of imide groups is 1. The van der Waals surface area contributed by atoms with Gasteiger partial charge in [-0.05, 0) is 31.9 Å². The van der Waals surface area contributed by atoms with Gasteiger partial charge in [-0.25, -0.2) is 8.78 Å². The number of ether oxygens (including phenoxy) is 9. The maximum atomic E-state index is 13.7. The van der Waals surface area contributed by atoms with Crippen molar-refractivity contribution in [3.8, 4) is 5.75 Å². The smallest absolute Gasteiger partial charge is 0.313 e. The molecule has 2 aliphatic rings. The van der Waals surface area contributed by atoms with Crippen molar-refractivity contribution in [1.82, 2.24) is 36.4 Å². The van der Waals surface area contributed by atoms with Crippen molar-refractivity contribution >= 4 is 47.3 Å². The fourth-order valence-electron chi connectivity index (χ4n) is 7.01. The maximum absolute atomic E-state index is 13.7. The molecule has 30 heteroatoms. The number of benzene rings is 1. The van der Waals surface area contributed by atoms with Crippen molar-refractivity contribution in [2.45, 2.75) is 69.9 Å². The Morgan fingerprint density at radius 1 is 0.531 bits per heavy atom. The molecule has 81 heavy (non-hydrogen) atoms. The normalized spacial score (nSPS) is 14.7. The Balaban J connectivity index is 1.23. The highest BCUT2D eigenvalue weighted by Gasteiger charge is 2.26. The highest BCUT2D eigenvalue weighted by Crippen LogP contribution is 2.26. The van der Waals surface area contributed by atoms with Crippen LogP contribution in [-0.4, -0.2) is 231 Å². The summed E-state index contributed by atoms with van der Waals surface area (Å²) < 4.78 is 102. The summed E-state index contributed by atoms with van der Waals surface area (Å²) in [5.41, 5.74) is 0. The van der Waals surface area contributed by atoms with Gasteiger partial charge in [-0.2, -0.15) is 8.78 Å². The summed E-state index contributed by atoms with van der Waals surface area (Å²) >= 11 is 0. The molecule has 0 radical (unpaired) electrons. The van der Waals surface area contributed by atoms with Gasteiger partial charge in [0.05, 0.1) is 112 Å². The van der Waals surface area contributed by atoms with E-state index in [2.05, 4.69) is 31.3 Å². The van der Waals surface area contributed by atoms with E-state index in [1.54, 1.807) is 0 Å². The van der Waals surface area contributed by atoms with E-state index in [9.17, 15) is 66.1 Å². The molecular weight excluding hydrogens is 1090 g/mol. The largest absolute Gasteiger partial charge is 0.420 e. The van der Waals surface area contributed by atoms with Crippen LogP contribution in [0.2, 0.25) is 0 Å². The van der Waals surface area contributed by atoms with Crippen molar-refractivity contribution in [3.05, 3.63) is 53.6 Å². The lowest BCUT2D eigenvalue weighted by molar-refractivity contribution is -0.138. The van der Waals surface area contributed by atoms with Crippen LogP contribution in [0.4, 0.5) is 17.6 Å². The number of unbranched alkanes of at least 4 members (excludes halogenated alkanes) is 1. The number of amides is 7. The van der Waals surface area contributed by atoms with Crippen LogP contribution in [0.5, 0.6) is 5.75 Å². The summed E-state index contributed by atoms with van der Waals surface area (Å²) in [7, 11) is 0. The molecule has 3 unspecified atom stereocenters. The van der Waals surface area contributed by atoms with Crippen LogP contribution in [0.15, 0.2) is 30.4 Å². The minimum absolute atomic E-state index is 0.00911. The fraction of sp³-hybridized carbons (Fsp3) is 0.647. The molecule has 3 atom stereocenters. The van der Waals surface area contributed by atoms with Crippen molar-refractivity contribution in [2.75, 3.05) is 145 Å². The van der Waals surface area contributed by atoms with Gasteiger partial charge < -0.3 is 79.0 Å². The van der Waals surface area contributed by atoms with Gasteiger partial charge in [0.1, 0.15) is 18.5 Å². The zero-order chi connectivity index (χ0) is 59.0. The molecule has 456 valence electrons. The molecule has 2 heterocycles. The van der Waals surface area contributed by atoms with E-state index < -0.39 is 83.5 Å². The molecule has 2 aliphatic heterocycles. The first-order valence-electron chi connectivity index (χ1n) is 26.4. The second-order valence-electron chi connectivity index (χ2n) is 17.5. The number of nitrogens with zero attached hydrogens (tertiary/aromatic N) is 2. The molecule has 0 saturated carbocycles. The van der Waals surface area contributed by atoms with E-state index in [1.165, 1.54) is 17.1 Å². The topological polar surface area (TPSA) is 327 Å². The zero-order valence-corrected chi connectivity index (χ0v) is 45.1. The SMILES string of the molecule is O=C(CCN1C(=O)C=CC1=O)NCCOCCOCCC(=O)NC(CCCCNC(O)CCOCCOCCNC(=O)CCN1C(=O)C=CC1O)C(=O)NCCOCCOCCOCCOCCC(=O)Oc1c(F)c(F)cc(F)c1F. The van der Waals surface area contributed by atoms with Crippen molar-refractivity contribution in [3.63, 3.8) is 0 Å². The Bertz CT molecular complexity index is 2140. The average molecular weight is 1170 g/mol. The standard InChI is InChI=1S/C51H75F4N7O19/c52-36-35-37(53)49(55)50(48(36)54)81-47(71)12-21-75-27-31-79-33-34-80-32-30-78-24-16-59-51(72)38(60-42(66)11-20-74-26-29-77-23-15-58-40(64)9-18-62-45(69)6-7-46(62)70)3-1-2-13-56-41(65)10-19-73-25-28-76-22-14-57-39(63)8-17-61-43(67)4-5-44(61)68/h4-7,35,38,41,43,56,65,67H,1-3,8-34H2,(H,57,63)(H,58,64)(H,59,72)(H,60,66). The van der Waals surface area contributed by atoms with Crippen molar-refractivity contribution in [1.29, 1.82) is 0 Å². The molecule has 26 nitrogen and oxygen atoms in total. The minimum atomic E-state index is -1.84. The summed E-state index contributed by atoms with van der Waals surface area (Å²) in [4.78, 5) is 98.9. The quantitative estimate of drug-likeness (QED) is 0.00765. The lowest BCUT2D eigenvalue weighted by Gasteiger charge is -2.19. The number of aliphatic hydroxyl groups is 2. The summed E-state index contributed by atoms with van der Waals surface area (Å²) in [6.45, 7) is 3.47. The molecular formula is C51H75F4N7O19. The summed E-state index contributed by atoms with van der Waals surface area (Å²) in [5.74, 6) is -12.5.